The Hall–Kier alpha value is -0.450. The maximum absolute atomic E-state index is 10.5. The second-order valence-electron chi connectivity index (χ2n) is 3.32. The highest BCUT2D eigenvalue weighted by molar-refractivity contribution is 7.99. The van der Waals surface area contributed by atoms with Crippen molar-refractivity contribution in [1.82, 2.24) is 4.98 Å². The fourth-order valence-corrected chi connectivity index (χ4v) is 2.55. The Morgan fingerprint density at radius 1 is 1.62 bits per heavy atom. The molecular weight excluding hydrogens is 269 g/mol. The monoisotopic (exact) mass is 279 g/mol. The van der Waals surface area contributed by atoms with Crippen molar-refractivity contribution in [3.63, 3.8) is 0 Å². The second kappa shape index (κ2) is 6.33. The second-order valence-corrected chi connectivity index (χ2v) is 5.54. The molecule has 3 nitrogen and oxygen atoms in total. The number of halogens is 2. The van der Waals surface area contributed by atoms with Gasteiger partial charge in [0.1, 0.15) is 5.15 Å². The van der Waals surface area contributed by atoms with E-state index in [0.29, 0.717) is 15.9 Å². The number of rotatable bonds is 5. The molecule has 1 aromatic rings. The smallest absolute Gasteiger partial charge is 0.304 e. The van der Waals surface area contributed by atoms with Crippen molar-refractivity contribution in [2.24, 2.45) is 0 Å². The summed E-state index contributed by atoms with van der Waals surface area (Å²) in [5.41, 5.74) is 0.869. The third-order valence-electron chi connectivity index (χ3n) is 1.88. The molecule has 0 saturated carbocycles. The highest BCUT2D eigenvalue weighted by Crippen LogP contribution is 2.25. The number of thioether (sulfide) groups is 1. The molecule has 0 spiro atoms. The fraction of sp³-hybridized carbons (Fsp3) is 0.400. The molecule has 0 amide bonds. The van der Waals surface area contributed by atoms with E-state index in [4.69, 9.17) is 28.3 Å². The van der Waals surface area contributed by atoms with Crippen molar-refractivity contribution in [3.8, 4) is 0 Å². The van der Waals surface area contributed by atoms with Crippen LogP contribution in [0.2, 0.25) is 10.2 Å². The van der Waals surface area contributed by atoms with Gasteiger partial charge in [0.2, 0.25) is 0 Å². The minimum Gasteiger partial charge on any atom is -0.481 e. The van der Waals surface area contributed by atoms with Crippen LogP contribution in [0.1, 0.15) is 18.9 Å². The summed E-state index contributed by atoms with van der Waals surface area (Å²) in [5.74, 6) is -0.155. The van der Waals surface area contributed by atoms with Gasteiger partial charge in [-0.3, -0.25) is 4.79 Å². The molecule has 0 saturated heterocycles. The lowest BCUT2D eigenvalue weighted by atomic mass is 10.3. The standard InChI is InChI=1S/C10H11Cl2NO2S/c1-6(2-10(14)15)16-5-7-4-13-9(12)3-8(7)11/h3-4,6H,2,5H2,1H3,(H,14,15). The van der Waals surface area contributed by atoms with E-state index in [1.807, 2.05) is 6.92 Å². The van der Waals surface area contributed by atoms with Crippen LogP contribution < -0.4 is 0 Å². The predicted octanol–water partition coefficient (Wildman–Crippen LogP) is 3.48. The predicted molar refractivity (Wildman–Crippen MR) is 67.3 cm³/mol. The summed E-state index contributed by atoms with van der Waals surface area (Å²) >= 11 is 13.2. The number of carboxylic acid groups (broad SMARTS) is 1. The van der Waals surface area contributed by atoms with E-state index in [2.05, 4.69) is 4.98 Å². The molecule has 1 aromatic heterocycles. The summed E-state index contributed by atoms with van der Waals surface area (Å²) < 4.78 is 0. The lowest BCUT2D eigenvalue weighted by Gasteiger charge is -2.09. The zero-order chi connectivity index (χ0) is 12.1. The summed E-state index contributed by atoms with van der Waals surface area (Å²) in [6.07, 6.45) is 1.76. The van der Waals surface area contributed by atoms with Crippen LogP contribution in [0.5, 0.6) is 0 Å². The number of aliphatic carboxylic acids is 1. The van der Waals surface area contributed by atoms with E-state index in [-0.39, 0.29) is 11.7 Å². The SMILES string of the molecule is CC(CC(=O)O)SCc1cnc(Cl)cc1Cl. The van der Waals surface area contributed by atoms with Crippen LogP contribution in [0, 0.1) is 0 Å². The van der Waals surface area contributed by atoms with Crippen LogP contribution in [-0.4, -0.2) is 21.3 Å². The molecule has 0 bridgehead atoms. The molecule has 0 aliphatic heterocycles. The van der Waals surface area contributed by atoms with Gasteiger partial charge in [-0.1, -0.05) is 30.1 Å². The van der Waals surface area contributed by atoms with Crippen molar-refractivity contribution in [2.75, 3.05) is 0 Å². The highest BCUT2D eigenvalue weighted by atomic mass is 35.5. The molecule has 0 fully saturated rings. The van der Waals surface area contributed by atoms with Gasteiger partial charge in [-0.2, -0.15) is 11.8 Å². The maximum Gasteiger partial charge on any atom is 0.304 e. The van der Waals surface area contributed by atoms with Crippen molar-refractivity contribution in [1.29, 1.82) is 0 Å². The quantitative estimate of drug-likeness (QED) is 0.839. The lowest BCUT2D eigenvalue weighted by molar-refractivity contribution is -0.136. The lowest BCUT2D eigenvalue weighted by Crippen LogP contribution is -2.06. The van der Waals surface area contributed by atoms with Crippen LogP contribution >= 0.6 is 35.0 Å². The number of nitrogens with zero attached hydrogens (tertiary/aromatic N) is 1. The van der Waals surface area contributed by atoms with Gasteiger partial charge in [0.25, 0.3) is 0 Å². The van der Waals surface area contributed by atoms with E-state index in [9.17, 15) is 4.79 Å². The topological polar surface area (TPSA) is 50.2 Å². The minimum atomic E-state index is -0.791. The van der Waals surface area contributed by atoms with Gasteiger partial charge in [-0.25, -0.2) is 4.98 Å². The molecule has 1 rings (SSSR count). The first-order valence-electron chi connectivity index (χ1n) is 4.62. The Bertz CT molecular complexity index is 387. The van der Waals surface area contributed by atoms with Crippen LogP contribution in [0.4, 0.5) is 0 Å². The van der Waals surface area contributed by atoms with E-state index < -0.39 is 5.97 Å². The van der Waals surface area contributed by atoms with Gasteiger partial charge >= 0.3 is 5.97 Å². The molecule has 0 radical (unpaired) electrons. The summed E-state index contributed by atoms with van der Waals surface area (Å²) in [7, 11) is 0. The average Bonchev–Trinajstić information content (AvgIpc) is 2.15. The Morgan fingerprint density at radius 3 is 2.88 bits per heavy atom. The van der Waals surface area contributed by atoms with E-state index >= 15 is 0 Å². The maximum atomic E-state index is 10.5. The Balaban J connectivity index is 2.51. The first-order chi connectivity index (χ1) is 7.49. The Kier molecular flexibility index (Phi) is 5.38. The molecule has 16 heavy (non-hydrogen) atoms. The zero-order valence-electron chi connectivity index (χ0n) is 8.61. The molecule has 1 atom stereocenters. The summed E-state index contributed by atoms with van der Waals surface area (Å²) in [5, 5.41) is 9.57. The summed E-state index contributed by atoms with van der Waals surface area (Å²) in [6.45, 7) is 1.87. The van der Waals surface area contributed by atoms with Crippen molar-refractivity contribution in [2.45, 2.75) is 24.3 Å². The van der Waals surface area contributed by atoms with Crippen molar-refractivity contribution >= 4 is 40.9 Å². The molecule has 6 heteroatoms. The Morgan fingerprint density at radius 2 is 2.31 bits per heavy atom. The number of hydrogen-bond acceptors (Lipinski definition) is 3. The molecular formula is C10H11Cl2NO2S. The fourth-order valence-electron chi connectivity index (χ4n) is 1.08. The van der Waals surface area contributed by atoms with E-state index in [1.165, 1.54) is 11.8 Å². The van der Waals surface area contributed by atoms with Crippen molar-refractivity contribution < 1.29 is 9.90 Å². The number of carboxylic acids is 1. The van der Waals surface area contributed by atoms with Gasteiger partial charge in [-0.15, -0.1) is 0 Å². The molecule has 0 aliphatic carbocycles. The van der Waals surface area contributed by atoms with Crippen LogP contribution in [-0.2, 0) is 10.5 Å². The minimum absolute atomic E-state index is 0.0456. The van der Waals surface area contributed by atoms with Gasteiger partial charge in [0.05, 0.1) is 6.42 Å². The molecule has 88 valence electrons. The first kappa shape index (κ1) is 13.6. The normalized spacial score (nSPS) is 12.4. The number of aromatic nitrogens is 1. The number of pyridine rings is 1. The van der Waals surface area contributed by atoms with Crippen LogP contribution in [0.25, 0.3) is 0 Å². The number of carbonyl (C=O) groups is 1. The van der Waals surface area contributed by atoms with Crippen molar-refractivity contribution in [3.05, 3.63) is 28.0 Å². The zero-order valence-corrected chi connectivity index (χ0v) is 10.9. The summed E-state index contributed by atoms with van der Waals surface area (Å²) in [4.78, 5) is 14.4. The molecule has 0 aliphatic rings. The number of hydrogen-bond donors (Lipinski definition) is 1. The largest absolute Gasteiger partial charge is 0.481 e. The van der Waals surface area contributed by atoms with E-state index in [1.54, 1.807) is 12.3 Å². The van der Waals surface area contributed by atoms with Gasteiger partial charge in [0, 0.05) is 22.2 Å². The van der Waals surface area contributed by atoms with Crippen LogP contribution in [0.3, 0.4) is 0 Å². The third kappa shape index (κ3) is 4.60. The third-order valence-corrected chi connectivity index (χ3v) is 3.65. The molecule has 1 unspecified atom stereocenters. The van der Waals surface area contributed by atoms with Crippen LogP contribution in [0.15, 0.2) is 12.3 Å². The Labute approximate surface area is 108 Å². The van der Waals surface area contributed by atoms with Gasteiger partial charge in [-0.05, 0) is 11.6 Å². The molecule has 1 heterocycles. The van der Waals surface area contributed by atoms with Gasteiger partial charge < -0.3 is 5.11 Å². The van der Waals surface area contributed by atoms with E-state index in [0.717, 1.165) is 5.56 Å². The highest BCUT2D eigenvalue weighted by Gasteiger charge is 2.09. The molecule has 0 aromatic carbocycles. The molecule has 1 N–H and O–H groups in total. The first-order valence-corrected chi connectivity index (χ1v) is 6.43. The van der Waals surface area contributed by atoms with Gasteiger partial charge in [0.15, 0.2) is 0 Å². The summed E-state index contributed by atoms with van der Waals surface area (Å²) in [6, 6.07) is 1.58. The average molecular weight is 280 g/mol.